The zero-order valence-corrected chi connectivity index (χ0v) is 10.6. The minimum atomic E-state index is -4.88. The highest BCUT2D eigenvalue weighted by Gasteiger charge is 2.39. The highest BCUT2D eigenvalue weighted by Crippen LogP contribution is 2.36. The number of hydrogen-bond donors (Lipinski definition) is 1. The SMILES string of the molecule is Nc1cnn(-c2c(F)cc(Br)cc2F)c1C(F)(F)F. The van der Waals surface area contributed by atoms with Crippen LogP contribution in [-0.4, -0.2) is 9.78 Å². The topological polar surface area (TPSA) is 43.8 Å². The Hall–Kier alpha value is -1.64. The molecule has 0 aliphatic carbocycles. The Kier molecular flexibility index (Phi) is 3.25. The molecule has 0 aliphatic rings. The summed E-state index contributed by atoms with van der Waals surface area (Å²) >= 11 is 2.83. The van der Waals surface area contributed by atoms with Gasteiger partial charge >= 0.3 is 6.18 Å². The van der Waals surface area contributed by atoms with Crippen molar-refractivity contribution in [3.05, 3.63) is 40.1 Å². The molecule has 9 heteroatoms. The maximum absolute atomic E-state index is 13.6. The second kappa shape index (κ2) is 4.48. The smallest absolute Gasteiger partial charge is 0.396 e. The zero-order valence-electron chi connectivity index (χ0n) is 8.97. The van der Waals surface area contributed by atoms with Crippen molar-refractivity contribution in [1.29, 1.82) is 0 Å². The van der Waals surface area contributed by atoms with Gasteiger partial charge in [-0.1, -0.05) is 15.9 Å². The Balaban J connectivity index is 2.74. The molecule has 2 rings (SSSR count). The van der Waals surface area contributed by atoms with Gasteiger partial charge in [-0.05, 0) is 12.1 Å². The molecule has 1 aromatic carbocycles. The molecule has 0 radical (unpaired) electrons. The van der Waals surface area contributed by atoms with Crippen LogP contribution in [0.1, 0.15) is 5.69 Å². The predicted molar refractivity (Wildman–Crippen MR) is 60.6 cm³/mol. The molecule has 0 fully saturated rings. The van der Waals surface area contributed by atoms with Crippen LogP contribution >= 0.6 is 15.9 Å². The van der Waals surface area contributed by atoms with E-state index in [0.29, 0.717) is 6.20 Å². The first-order valence-corrected chi connectivity index (χ1v) is 5.56. The maximum Gasteiger partial charge on any atom is 0.435 e. The number of halogens is 6. The van der Waals surface area contributed by atoms with Gasteiger partial charge in [0.2, 0.25) is 0 Å². The molecule has 3 nitrogen and oxygen atoms in total. The van der Waals surface area contributed by atoms with Crippen LogP contribution in [0.15, 0.2) is 22.8 Å². The van der Waals surface area contributed by atoms with Crippen molar-refractivity contribution >= 4 is 21.6 Å². The number of alkyl halides is 3. The van der Waals surface area contributed by atoms with Crippen molar-refractivity contribution in [3.8, 4) is 5.69 Å². The third kappa shape index (κ3) is 2.42. The molecule has 1 aromatic heterocycles. The molecule has 0 aliphatic heterocycles. The number of nitrogens with two attached hydrogens (primary N) is 1. The first kappa shape index (κ1) is 13.8. The molecule has 19 heavy (non-hydrogen) atoms. The fraction of sp³-hybridized carbons (Fsp3) is 0.100. The molecule has 0 unspecified atom stereocenters. The monoisotopic (exact) mass is 341 g/mol. The van der Waals surface area contributed by atoms with Crippen LogP contribution in [0.3, 0.4) is 0 Å². The number of nitrogens with zero attached hydrogens (tertiary/aromatic N) is 2. The lowest BCUT2D eigenvalue weighted by Gasteiger charge is -2.12. The van der Waals surface area contributed by atoms with Crippen molar-refractivity contribution in [2.24, 2.45) is 0 Å². The molecular weight excluding hydrogens is 337 g/mol. The Morgan fingerprint density at radius 2 is 1.68 bits per heavy atom. The molecule has 0 spiro atoms. The number of aromatic nitrogens is 2. The van der Waals surface area contributed by atoms with E-state index in [1.807, 2.05) is 0 Å². The van der Waals surface area contributed by atoms with Crippen molar-refractivity contribution in [2.75, 3.05) is 5.73 Å². The van der Waals surface area contributed by atoms with Crippen LogP contribution in [0, 0.1) is 11.6 Å². The van der Waals surface area contributed by atoms with E-state index in [9.17, 15) is 22.0 Å². The second-order valence-electron chi connectivity index (χ2n) is 3.58. The summed E-state index contributed by atoms with van der Waals surface area (Å²) in [5, 5.41) is 3.28. The Labute approximate surface area is 111 Å². The Morgan fingerprint density at radius 1 is 1.16 bits per heavy atom. The summed E-state index contributed by atoms with van der Waals surface area (Å²) in [5.74, 6) is -2.39. The largest absolute Gasteiger partial charge is 0.435 e. The first-order valence-electron chi connectivity index (χ1n) is 4.77. The van der Waals surface area contributed by atoms with Gasteiger partial charge in [-0.2, -0.15) is 18.3 Å². The van der Waals surface area contributed by atoms with E-state index in [1.54, 1.807) is 0 Å². The van der Waals surface area contributed by atoms with Crippen LogP contribution in [-0.2, 0) is 6.18 Å². The van der Waals surface area contributed by atoms with Gasteiger partial charge in [0.1, 0.15) is 5.69 Å². The third-order valence-corrected chi connectivity index (χ3v) is 2.72. The van der Waals surface area contributed by atoms with Crippen molar-refractivity contribution in [1.82, 2.24) is 9.78 Å². The highest BCUT2D eigenvalue weighted by atomic mass is 79.9. The van der Waals surface area contributed by atoms with Crippen LogP contribution < -0.4 is 5.73 Å². The summed E-state index contributed by atoms with van der Waals surface area (Å²) in [6.45, 7) is 0. The van der Waals surface area contributed by atoms with E-state index in [4.69, 9.17) is 5.73 Å². The normalized spacial score (nSPS) is 11.9. The van der Waals surface area contributed by atoms with Crippen LogP contribution in [0.2, 0.25) is 0 Å². The Bertz CT molecular complexity index is 612. The number of nitrogen functional groups attached to an aromatic ring is 1. The molecule has 0 saturated heterocycles. The van der Waals surface area contributed by atoms with Crippen LogP contribution in [0.5, 0.6) is 0 Å². The quantitative estimate of drug-likeness (QED) is 0.806. The maximum atomic E-state index is 13.6. The van der Waals surface area contributed by atoms with Crippen molar-refractivity contribution in [2.45, 2.75) is 6.18 Å². The highest BCUT2D eigenvalue weighted by molar-refractivity contribution is 9.10. The lowest BCUT2D eigenvalue weighted by Crippen LogP contribution is -2.17. The number of anilines is 1. The van der Waals surface area contributed by atoms with E-state index in [2.05, 4.69) is 21.0 Å². The summed E-state index contributed by atoms with van der Waals surface area (Å²) < 4.78 is 65.8. The average molecular weight is 342 g/mol. The summed E-state index contributed by atoms with van der Waals surface area (Å²) in [7, 11) is 0. The lowest BCUT2D eigenvalue weighted by molar-refractivity contribution is -0.142. The van der Waals surface area contributed by atoms with E-state index in [-0.39, 0.29) is 9.15 Å². The number of benzene rings is 1. The van der Waals surface area contributed by atoms with Gasteiger partial charge in [0, 0.05) is 4.47 Å². The minimum Gasteiger partial charge on any atom is -0.396 e. The number of hydrogen-bond acceptors (Lipinski definition) is 2. The van der Waals surface area contributed by atoms with E-state index >= 15 is 0 Å². The molecule has 0 amide bonds. The fourth-order valence-electron chi connectivity index (χ4n) is 1.55. The van der Waals surface area contributed by atoms with Gasteiger partial charge in [-0.3, -0.25) is 0 Å². The van der Waals surface area contributed by atoms with Gasteiger partial charge in [-0.15, -0.1) is 0 Å². The first-order chi connectivity index (χ1) is 8.71. The molecule has 0 saturated carbocycles. The molecule has 0 atom stereocenters. The van der Waals surface area contributed by atoms with Gasteiger partial charge in [0.05, 0.1) is 11.9 Å². The molecular formula is C10H5BrF5N3. The molecule has 0 bridgehead atoms. The van der Waals surface area contributed by atoms with Gasteiger partial charge < -0.3 is 5.73 Å². The predicted octanol–water partition coefficient (Wildman–Crippen LogP) is 3.51. The molecule has 2 aromatic rings. The van der Waals surface area contributed by atoms with Crippen LogP contribution in [0.4, 0.5) is 27.6 Å². The van der Waals surface area contributed by atoms with E-state index in [0.717, 1.165) is 12.1 Å². The minimum absolute atomic E-state index is 0.0555. The summed E-state index contributed by atoms with van der Waals surface area (Å²) in [6, 6.07) is 1.66. The number of rotatable bonds is 1. The van der Waals surface area contributed by atoms with Crippen molar-refractivity contribution in [3.63, 3.8) is 0 Å². The van der Waals surface area contributed by atoms with E-state index in [1.165, 1.54) is 0 Å². The van der Waals surface area contributed by atoms with E-state index < -0.39 is 34.9 Å². The third-order valence-electron chi connectivity index (χ3n) is 2.26. The Morgan fingerprint density at radius 3 is 2.16 bits per heavy atom. The van der Waals surface area contributed by atoms with Crippen molar-refractivity contribution < 1.29 is 22.0 Å². The average Bonchev–Trinajstić information content (AvgIpc) is 2.57. The second-order valence-corrected chi connectivity index (χ2v) is 4.49. The summed E-state index contributed by atoms with van der Waals surface area (Å²) in [4.78, 5) is 0. The van der Waals surface area contributed by atoms with Crippen LogP contribution in [0.25, 0.3) is 5.69 Å². The fourth-order valence-corrected chi connectivity index (χ4v) is 1.95. The molecule has 102 valence electrons. The molecule has 1 heterocycles. The summed E-state index contributed by atoms with van der Waals surface area (Å²) in [6.07, 6.45) is -4.20. The van der Waals surface area contributed by atoms with Gasteiger partial charge in [-0.25, -0.2) is 13.5 Å². The van der Waals surface area contributed by atoms with Gasteiger partial charge in [0.25, 0.3) is 0 Å². The lowest BCUT2D eigenvalue weighted by atomic mass is 10.2. The molecule has 2 N–H and O–H groups in total. The zero-order chi connectivity index (χ0) is 14.4. The standard InChI is InChI=1S/C10H5BrF5N3/c11-4-1-5(12)8(6(13)2-4)19-9(10(14,15)16)7(17)3-18-19/h1-3H,17H2. The summed E-state index contributed by atoms with van der Waals surface area (Å²) in [5.41, 5.74) is 2.06. The van der Waals surface area contributed by atoms with Gasteiger partial charge in [0.15, 0.2) is 17.3 Å².